The van der Waals surface area contributed by atoms with Gasteiger partial charge in [0.1, 0.15) is 23.9 Å². The average molecular weight is 584 g/mol. The summed E-state index contributed by atoms with van der Waals surface area (Å²) in [7, 11) is 1.67. The second-order valence-electron chi connectivity index (χ2n) is 12.2. The summed E-state index contributed by atoms with van der Waals surface area (Å²) in [5.74, 6) is 1.42. The van der Waals surface area contributed by atoms with Crippen LogP contribution >= 0.6 is 0 Å². The number of methoxy groups -OCH3 is 1. The summed E-state index contributed by atoms with van der Waals surface area (Å²) >= 11 is 0. The van der Waals surface area contributed by atoms with Crippen molar-refractivity contribution in [2.75, 3.05) is 44.7 Å². The van der Waals surface area contributed by atoms with Crippen molar-refractivity contribution in [3.05, 3.63) is 59.7 Å². The number of hydrogen-bond acceptors (Lipinski definition) is 9. The van der Waals surface area contributed by atoms with Crippen LogP contribution in [0.3, 0.4) is 0 Å². The number of piperidine rings is 1. The van der Waals surface area contributed by atoms with Gasteiger partial charge in [0.15, 0.2) is 5.82 Å². The number of ether oxygens (including phenoxy) is 2. The van der Waals surface area contributed by atoms with Gasteiger partial charge in [0, 0.05) is 44.3 Å². The van der Waals surface area contributed by atoms with Gasteiger partial charge in [-0.2, -0.15) is 5.26 Å². The number of rotatable bonds is 7. The lowest BCUT2D eigenvalue weighted by Crippen LogP contribution is -2.62. The Morgan fingerprint density at radius 1 is 1.12 bits per heavy atom. The molecule has 4 heterocycles. The van der Waals surface area contributed by atoms with Crippen LogP contribution in [0, 0.1) is 22.6 Å². The zero-order chi connectivity index (χ0) is 29.6. The van der Waals surface area contributed by atoms with Crippen molar-refractivity contribution >= 4 is 11.7 Å². The molecule has 10 nitrogen and oxygen atoms in total. The van der Waals surface area contributed by atoms with E-state index in [-0.39, 0.29) is 35.2 Å². The number of nitrogens with zero attached hydrogens (tertiary/aromatic N) is 6. The number of hydrogen-bond donors (Lipinski definition) is 1. The van der Waals surface area contributed by atoms with E-state index in [1.807, 2.05) is 17.0 Å². The molecule has 3 aliphatic heterocycles. The Hall–Kier alpha value is -4.14. The maximum Gasteiger partial charge on any atom is 0.282 e. The molecule has 4 aliphatic rings. The molecule has 43 heavy (non-hydrogen) atoms. The summed E-state index contributed by atoms with van der Waals surface area (Å²) in [6.45, 7) is 3.81. The maximum atomic E-state index is 14.6. The number of aromatic nitrogens is 3. The molecular weight excluding hydrogens is 549 g/mol. The molecular formula is C32H34FN7O3. The summed E-state index contributed by atoms with van der Waals surface area (Å²) < 4.78 is 26.4. The van der Waals surface area contributed by atoms with Crippen LogP contribution in [0.4, 0.5) is 10.2 Å². The van der Waals surface area contributed by atoms with E-state index in [0.29, 0.717) is 28.6 Å². The van der Waals surface area contributed by atoms with Gasteiger partial charge in [-0.15, -0.1) is 10.2 Å². The first-order valence-electron chi connectivity index (χ1n) is 15.0. The average Bonchev–Trinajstić information content (AvgIpc) is 3.76. The van der Waals surface area contributed by atoms with Gasteiger partial charge in [0.25, 0.3) is 5.88 Å². The molecule has 4 fully saturated rings. The summed E-state index contributed by atoms with van der Waals surface area (Å²) in [6, 6.07) is 11.9. The second kappa shape index (κ2) is 11.2. The van der Waals surface area contributed by atoms with E-state index in [4.69, 9.17) is 9.47 Å². The third kappa shape index (κ3) is 5.30. The van der Waals surface area contributed by atoms with Gasteiger partial charge in [0.05, 0.1) is 17.7 Å². The molecule has 1 aromatic heterocycles. The number of carbonyl (C=O) groups is 1. The molecule has 7 rings (SSSR count). The molecule has 1 amide bonds. The van der Waals surface area contributed by atoms with Gasteiger partial charge >= 0.3 is 0 Å². The predicted octanol–water partition coefficient (Wildman–Crippen LogP) is 4.02. The summed E-state index contributed by atoms with van der Waals surface area (Å²) in [5.41, 5.74) is 3.17. The van der Waals surface area contributed by atoms with Crippen LogP contribution in [0.2, 0.25) is 0 Å². The first kappa shape index (κ1) is 27.7. The number of amides is 1. The van der Waals surface area contributed by atoms with Crippen molar-refractivity contribution in [3.63, 3.8) is 0 Å². The molecule has 1 N–H and O–H groups in total. The van der Waals surface area contributed by atoms with Crippen molar-refractivity contribution in [1.82, 2.24) is 25.4 Å². The molecule has 11 heteroatoms. The summed E-state index contributed by atoms with van der Waals surface area (Å²) in [6.07, 6.45) is 6.11. The van der Waals surface area contributed by atoms with Crippen LogP contribution in [0.15, 0.2) is 42.7 Å². The Kier molecular flexibility index (Phi) is 7.19. The zero-order valence-corrected chi connectivity index (χ0v) is 24.1. The normalized spacial score (nSPS) is 22.7. The topological polar surface area (TPSA) is 116 Å². The molecule has 3 aromatic rings. The number of nitriles is 1. The first-order valence-corrected chi connectivity index (χ1v) is 15.0. The van der Waals surface area contributed by atoms with Crippen molar-refractivity contribution in [2.24, 2.45) is 5.41 Å². The molecule has 3 saturated heterocycles. The van der Waals surface area contributed by atoms with E-state index in [0.717, 1.165) is 76.0 Å². The number of likely N-dealkylation sites (tertiary alicyclic amines) is 1. The predicted molar refractivity (Wildman–Crippen MR) is 156 cm³/mol. The van der Waals surface area contributed by atoms with Crippen molar-refractivity contribution in [2.45, 2.75) is 50.2 Å². The third-order valence-corrected chi connectivity index (χ3v) is 9.43. The lowest BCUT2D eigenvalue weighted by Gasteiger charge is -2.54. The zero-order valence-electron chi connectivity index (χ0n) is 24.1. The Bertz CT molecular complexity index is 1570. The molecule has 1 aliphatic carbocycles. The lowest BCUT2D eigenvalue weighted by molar-refractivity contribution is -0.138. The molecule has 2 aromatic carbocycles. The molecule has 0 bridgehead atoms. The fourth-order valence-corrected chi connectivity index (χ4v) is 6.86. The summed E-state index contributed by atoms with van der Waals surface area (Å²) in [4.78, 5) is 21.8. The quantitative estimate of drug-likeness (QED) is 0.440. The highest BCUT2D eigenvalue weighted by Gasteiger charge is 2.48. The highest BCUT2D eigenvalue weighted by Crippen LogP contribution is 2.48. The van der Waals surface area contributed by atoms with Crippen LogP contribution < -0.4 is 15.0 Å². The van der Waals surface area contributed by atoms with Crippen LogP contribution in [0.5, 0.6) is 11.6 Å². The number of nitrogens with one attached hydrogen (secondary N) is 1. The molecule has 0 unspecified atom stereocenters. The highest BCUT2D eigenvalue weighted by atomic mass is 19.1. The molecule has 0 radical (unpaired) electrons. The SMILES string of the molecule is CO[C@H]1CCN[C@@H]1C(=O)N1CCC2(CC1)CN(c1ncnnc1Oc1ccc(F)cc1-c1ccc(C#N)cc1C1CC1)C2. The highest BCUT2D eigenvalue weighted by molar-refractivity contribution is 5.83. The second-order valence-corrected chi connectivity index (χ2v) is 12.2. The van der Waals surface area contributed by atoms with Gasteiger partial charge in [0.2, 0.25) is 5.91 Å². The van der Waals surface area contributed by atoms with Gasteiger partial charge < -0.3 is 24.6 Å². The minimum absolute atomic E-state index is 0.0647. The van der Waals surface area contributed by atoms with Crippen LogP contribution in [-0.4, -0.2) is 78.0 Å². The van der Waals surface area contributed by atoms with E-state index in [1.54, 1.807) is 19.2 Å². The molecule has 1 saturated carbocycles. The Morgan fingerprint density at radius 2 is 1.93 bits per heavy atom. The first-order chi connectivity index (χ1) is 21.0. The van der Waals surface area contributed by atoms with E-state index < -0.39 is 0 Å². The Labute approximate surface area is 249 Å². The van der Waals surface area contributed by atoms with Crippen LogP contribution in [-0.2, 0) is 9.53 Å². The lowest BCUT2D eigenvalue weighted by atomic mass is 9.72. The van der Waals surface area contributed by atoms with E-state index >= 15 is 0 Å². The Morgan fingerprint density at radius 3 is 2.67 bits per heavy atom. The maximum absolute atomic E-state index is 14.6. The monoisotopic (exact) mass is 583 g/mol. The number of halogens is 1. The van der Waals surface area contributed by atoms with Crippen LogP contribution in [0.25, 0.3) is 11.1 Å². The molecule has 1 spiro atoms. The third-order valence-electron chi connectivity index (χ3n) is 9.43. The number of anilines is 1. The van der Waals surface area contributed by atoms with E-state index in [9.17, 15) is 14.4 Å². The fraction of sp³-hybridized carbons (Fsp3) is 0.469. The van der Waals surface area contributed by atoms with Gasteiger partial charge in [-0.25, -0.2) is 9.37 Å². The fourth-order valence-electron chi connectivity index (χ4n) is 6.86. The standard InChI is InChI=1S/C32H34FN7O3/c1-42-27-8-11-35-28(27)31(41)39-12-9-32(10-13-39)17-40(18-32)29-30(38-37-19-36-29)43-26-7-5-22(33)15-25(26)23-6-2-20(16-34)14-24(23)21-3-4-21/h2,5-7,14-15,19,21,27-28,35H,3-4,8-13,17-18H2,1H3/t27-,28-/m0/s1. The van der Waals surface area contributed by atoms with Crippen molar-refractivity contribution in [3.8, 4) is 28.8 Å². The summed E-state index contributed by atoms with van der Waals surface area (Å²) in [5, 5.41) is 21.0. The van der Waals surface area contributed by atoms with Gasteiger partial charge in [-0.1, -0.05) is 6.07 Å². The smallest absolute Gasteiger partial charge is 0.282 e. The van der Waals surface area contributed by atoms with Gasteiger partial charge in [-0.05, 0) is 86.0 Å². The van der Waals surface area contributed by atoms with Crippen molar-refractivity contribution < 1.29 is 18.7 Å². The molecule has 222 valence electrons. The Balaban J connectivity index is 1.07. The molecule has 2 atom stereocenters. The van der Waals surface area contributed by atoms with E-state index in [1.165, 1.54) is 18.5 Å². The van der Waals surface area contributed by atoms with E-state index in [2.05, 4.69) is 31.5 Å². The van der Waals surface area contributed by atoms with Crippen LogP contribution in [0.1, 0.15) is 49.1 Å². The van der Waals surface area contributed by atoms with Gasteiger partial charge in [-0.3, -0.25) is 4.79 Å². The van der Waals surface area contributed by atoms with Crippen molar-refractivity contribution in [1.29, 1.82) is 5.26 Å². The minimum atomic E-state index is -0.373. The number of benzene rings is 2. The number of carbonyl (C=O) groups excluding carboxylic acids is 1. The minimum Gasteiger partial charge on any atom is -0.434 e. The largest absolute Gasteiger partial charge is 0.434 e.